The largest absolute Gasteiger partial charge is 0.363 e. The van der Waals surface area contributed by atoms with Gasteiger partial charge in [0, 0.05) is 6.04 Å². The number of carbonyl (C=O) groups is 1. The number of halogens is 1. The van der Waals surface area contributed by atoms with Gasteiger partial charge in [0.2, 0.25) is 0 Å². The van der Waals surface area contributed by atoms with Gasteiger partial charge in [-0.1, -0.05) is 41.9 Å². The van der Waals surface area contributed by atoms with Gasteiger partial charge >= 0.3 is 0 Å². The van der Waals surface area contributed by atoms with E-state index >= 15 is 0 Å². The molecule has 1 aromatic carbocycles. The lowest BCUT2D eigenvalue weighted by Crippen LogP contribution is -2.10. The van der Waals surface area contributed by atoms with E-state index in [0.29, 0.717) is 12.1 Å². The minimum Gasteiger partial charge on any atom is -0.363 e. The number of hydrogen-bond donors (Lipinski definition) is 1. The molecular formula is C13H12ClN3O. The van der Waals surface area contributed by atoms with E-state index in [0.717, 1.165) is 5.56 Å². The molecule has 2 rings (SSSR count). The highest BCUT2D eigenvalue weighted by molar-refractivity contribution is 6.32. The van der Waals surface area contributed by atoms with Crippen molar-refractivity contribution < 1.29 is 4.79 Å². The molecule has 1 atom stereocenters. The smallest absolute Gasteiger partial charge is 0.156 e. The third kappa shape index (κ3) is 2.65. The zero-order valence-electron chi connectivity index (χ0n) is 9.80. The number of nitrogens with zero attached hydrogens (tertiary/aromatic N) is 2. The normalized spacial score (nSPS) is 11.9. The minimum absolute atomic E-state index is 0.0240. The third-order valence-electron chi connectivity index (χ3n) is 2.61. The summed E-state index contributed by atoms with van der Waals surface area (Å²) in [7, 11) is 0. The van der Waals surface area contributed by atoms with Crippen molar-refractivity contribution in [3.8, 4) is 0 Å². The third-order valence-corrected chi connectivity index (χ3v) is 2.91. The van der Waals surface area contributed by atoms with Crippen LogP contribution in [0.25, 0.3) is 0 Å². The second kappa shape index (κ2) is 5.60. The van der Waals surface area contributed by atoms with Crippen molar-refractivity contribution in [1.82, 2.24) is 9.97 Å². The van der Waals surface area contributed by atoms with E-state index in [9.17, 15) is 4.79 Å². The predicted octanol–water partition coefficient (Wildman–Crippen LogP) is 3.12. The number of aldehydes is 1. The SMILES string of the molecule is CC(Nc1ncnc(Cl)c1C=O)c1ccccc1. The van der Waals surface area contributed by atoms with Gasteiger partial charge in [-0.3, -0.25) is 4.79 Å². The molecule has 0 aliphatic rings. The van der Waals surface area contributed by atoms with Gasteiger partial charge in [-0.05, 0) is 12.5 Å². The topological polar surface area (TPSA) is 54.9 Å². The number of anilines is 1. The molecule has 0 amide bonds. The molecule has 2 aromatic rings. The highest BCUT2D eigenvalue weighted by Gasteiger charge is 2.12. The first-order valence-electron chi connectivity index (χ1n) is 5.49. The summed E-state index contributed by atoms with van der Waals surface area (Å²) in [6, 6.07) is 9.90. The zero-order chi connectivity index (χ0) is 13.0. The van der Waals surface area contributed by atoms with Crippen LogP contribution < -0.4 is 5.32 Å². The van der Waals surface area contributed by atoms with Crippen LogP contribution in [-0.2, 0) is 0 Å². The van der Waals surface area contributed by atoms with E-state index in [1.807, 2.05) is 37.3 Å². The van der Waals surface area contributed by atoms with Crippen molar-refractivity contribution in [2.75, 3.05) is 5.32 Å². The van der Waals surface area contributed by atoms with E-state index in [1.54, 1.807) is 0 Å². The summed E-state index contributed by atoms with van der Waals surface area (Å²) in [5.74, 6) is 0.446. The fourth-order valence-corrected chi connectivity index (χ4v) is 1.80. The van der Waals surface area contributed by atoms with E-state index in [4.69, 9.17) is 11.6 Å². The van der Waals surface area contributed by atoms with E-state index in [-0.39, 0.29) is 16.8 Å². The van der Waals surface area contributed by atoms with Gasteiger partial charge in [-0.15, -0.1) is 0 Å². The van der Waals surface area contributed by atoms with Crippen LogP contribution in [0.4, 0.5) is 5.82 Å². The molecule has 0 radical (unpaired) electrons. The quantitative estimate of drug-likeness (QED) is 0.679. The van der Waals surface area contributed by atoms with Gasteiger partial charge in [0.1, 0.15) is 17.3 Å². The number of aromatic nitrogens is 2. The summed E-state index contributed by atoms with van der Waals surface area (Å²) in [5.41, 5.74) is 1.38. The van der Waals surface area contributed by atoms with E-state index in [1.165, 1.54) is 6.33 Å². The Labute approximate surface area is 110 Å². The maximum Gasteiger partial charge on any atom is 0.156 e. The Hall–Kier alpha value is -1.94. The van der Waals surface area contributed by atoms with Crippen LogP contribution in [0.15, 0.2) is 36.7 Å². The van der Waals surface area contributed by atoms with Gasteiger partial charge in [0.05, 0.1) is 5.56 Å². The number of carbonyl (C=O) groups excluding carboxylic acids is 1. The first-order chi connectivity index (χ1) is 8.72. The van der Waals surface area contributed by atoms with Crippen LogP contribution in [0.3, 0.4) is 0 Å². The Bertz CT molecular complexity index is 545. The van der Waals surface area contributed by atoms with Crippen molar-refractivity contribution in [3.63, 3.8) is 0 Å². The van der Waals surface area contributed by atoms with Crippen molar-refractivity contribution in [2.45, 2.75) is 13.0 Å². The monoisotopic (exact) mass is 261 g/mol. The van der Waals surface area contributed by atoms with Crippen LogP contribution in [0, 0.1) is 0 Å². The predicted molar refractivity (Wildman–Crippen MR) is 70.9 cm³/mol. The summed E-state index contributed by atoms with van der Waals surface area (Å²) in [6.07, 6.45) is 1.98. The molecule has 1 N–H and O–H groups in total. The molecule has 1 aromatic heterocycles. The minimum atomic E-state index is 0.0240. The van der Waals surface area contributed by atoms with Gasteiger partial charge in [0.15, 0.2) is 6.29 Å². The van der Waals surface area contributed by atoms with Gasteiger partial charge in [-0.2, -0.15) is 0 Å². The lowest BCUT2D eigenvalue weighted by Gasteiger charge is -2.16. The maximum absolute atomic E-state index is 11.0. The molecule has 0 spiro atoms. The molecule has 18 heavy (non-hydrogen) atoms. The highest BCUT2D eigenvalue weighted by atomic mass is 35.5. The van der Waals surface area contributed by atoms with Crippen LogP contribution in [-0.4, -0.2) is 16.3 Å². The lowest BCUT2D eigenvalue weighted by atomic mass is 10.1. The van der Waals surface area contributed by atoms with Gasteiger partial charge < -0.3 is 5.32 Å². The van der Waals surface area contributed by atoms with Crippen molar-refractivity contribution >= 4 is 23.7 Å². The Balaban J connectivity index is 2.25. The number of nitrogens with one attached hydrogen (secondary N) is 1. The number of benzene rings is 1. The zero-order valence-corrected chi connectivity index (χ0v) is 10.6. The summed E-state index contributed by atoms with van der Waals surface area (Å²) < 4.78 is 0. The van der Waals surface area contributed by atoms with Gasteiger partial charge in [-0.25, -0.2) is 9.97 Å². The molecule has 4 nitrogen and oxygen atoms in total. The Morgan fingerprint density at radius 1 is 1.28 bits per heavy atom. The summed E-state index contributed by atoms with van der Waals surface area (Å²) in [6.45, 7) is 1.99. The van der Waals surface area contributed by atoms with Crippen molar-refractivity contribution in [2.24, 2.45) is 0 Å². The molecule has 0 aliphatic carbocycles. The second-order valence-electron chi connectivity index (χ2n) is 3.82. The Morgan fingerprint density at radius 3 is 2.67 bits per heavy atom. The fourth-order valence-electron chi connectivity index (χ4n) is 1.62. The molecule has 0 bridgehead atoms. The second-order valence-corrected chi connectivity index (χ2v) is 4.18. The molecule has 1 unspecified atom stereocenters. The highest BCUT2D eigenvalue weighted by Crippen LogP contribution is 2.22. The first kappa shape index (κ1) is 12.5. The fraction of sp³-hybridized carbons (Fsp3) is 0.154. The summed E-state index contributed by atoms with van der Waals surface area (Å²) in [4.78, 5) is 18.8. The molecular weight excluding hydrogens is 250 g/mol. The van der Waals surface area contributed by atoms with Crippen LogP contribution in [0.1, 0.15) is 28.9 Å². The van der Waals surface area contributed by atoms with E-state index in [2.05, 4.69) is 15.3 Å². The van der Waals surface area contributed by atoms with Crippen molar-refractivity contribution in [3.05, 3.63) is 52.9 Å². The average molecular weight is 262 g/mol. The molecule has 0 saturated carbocycles. The standard InChI is InChI=1S/C13H12ClN3O/c1-9(10-5-3-2-4-6-10)17-13-11(7-18)12(14)15-8-16-13/h2-9H,1H3,(H,15,16,17). The van der Waals surface area contributed by atoms with Crippen LogP contribution >= 0.6 is 11.6 Å². The van der Waals surface area contributed by atoms with Gasteiger partial charge in [0.25, 0.3) is 0 Å². The molecule has 0 saturated heterocycles. The van der Waals surface area contributed by atoms with Crippen LogP contribution in [0.2, 0.25) is 5.15 Å². The molecule has 1 heterocycles. The summed E-state index contributed by atoms with van der Waals surface area (Å²) >= 11 is 5.84. The number of rotatable bonds is 4. The molecule has 5 heteroatoms. The first-order valence-corrected chi connectivity index (χ1v) is 5.87. The molecule has 92 valence electrons. The average Bonchev–Trinajstić information content (AvgIpc) is 2.40. The van der Waals surface area contributed by atoms with Crippen molar-refractivity contribution in [1.29, 1.82) is 0 Å². The Kier molecular flexibility index (Phi) is 3.89. The Morgan fingerprint density at radius 2 is 2.00 bits per heavy atom. The lowest BCUT2D eigenvalue weighted by molar-refractivity contribution is 0.112. The molecule has 0 aliphatic heterocycles. The molecule has 0 fully saturated rings. The van der Waals surface area contributed by atoms with E-state index < -0.39 is 0 Å². The number of hydrogen-bond acceptors (Lipinski definition) is 4. The summed E-state index contributed by atoms with van der Waals surface area (Å²) in [5, 5.41) is 3.31. The maximum atomic E-state index is 11.0. The van der Waals surface area contributed by atoms with Crippen LogP contribution in [0.5, 0.6) is 0 Å².